The highest BCUT2D eigenvalue weighted by Crippen LogP contribution is 2.32. The smallest absolute Gasteiger partial charge is 0.293 e. The Kier molecular flexibility index (Phi) is 5.11. The van der Waals surface area contributed by atoms with Crippen LogP contribution < -0.4 is 0 Å². The molecule has 21 heavy (non-hydrogen) atoms. The van der Waals surface area contributed by atoms with Crippen molar-refractivity contribution in [3.8, 4) is 0 Å². The van der Waals surface area contributed by atoms with Crippen LogP contribution in [0.25, 0.3) is 0 Å². The van der Waals surface area contributed by atoms with Crippen LogP contribution >= 0.6 is 27.7 Å². The SMILES string of the molecule is O=C(CSc1ccc(Br)cc1)c1ccccc1C(F)(F)F. The predicted octanol–water partition coefficient (Wildman–Crippen LogP) is 5.44. The summed E-state index contributed by atoms with van der Waals surface area (Å²) in [5.41, 5.74) is -1.17. The molecule has 6 heteroatoms. The van der Waals surface area contributed by atoms with E-state index in [9.17, 15) is 18.0 Å². The molecule has 110 valence electrons. The first-order valence-corrected chi connectivity index (χ1v) is 7.73. The molecule has 0 bridgehead atoms. The first-order valence-electron chi connectivity index (χ1n) is 5.96. The minimum absolute atomic E-state index is 0.0330. The molecule has 0 saturated heterocycles. The van der Waals surface area contributed by atoms with Gasteiger partial charge < -0.3 is 0 Å². The number of hydrogen-bond donors (Lipinski definition) is 0. The van der Waals surface area contributed by atoms with E-state index < -0.39 is 17.5 Å². The van der Waals surface area contributed by atoms with Gasteiger partial charge in [0.1, 0.15) is 0 Å². The summed E-state index contributed by atoms with van der Waals surface area (Å²) in [4.78, 5) is 12.9. The van der Waals surface area contributed by atoms with Crippen LogP contribution in [-0.2, 0) is 6.18 Å². The number of benzene rings is 2. The van der Waals surface area contributed by atoms with Crippen molar-refractivity contribution >= 4 is 33.5 Å². The number of halogens is 4. The summed E-state index contributed by atoms with van der Waals surface area (Å²) in [6, 6.07) is 12.1. The summed E-state index contributed by atoms with van der Waals surface area (Å²) in [6.07, 6.45) is -4.52. The highest BCUT2D eigenvalue weighted by Gasteiger charge is 2.34. The molecule has 0 aliphatic carbocycles. The lowest BCUT2D eigenvalue weighted by molar-refractivity contribution is -0.137. The van der Waals surface area contributed by atoms with Gasteiger partial charge in [-0.25, -0.2) is 0 Å². The van der Waals surface area contributed by atoms with Crippen molar-refractivity contribution in [3.05, 3.63) is 64.1 Å². The van der Waals surface area contributed by atoms with Crippen LogP contribution in [-0.4, -0.2) is 11.5 Å². The second kappa shape index (κ2) is 6.66. The van der Waals surface area contributed by atoms with E-state index in [0.717, 1.165) is 15.4 Å². The third kappa shape index (κ3) is 4.35. The van der Waals surface area contributed by atoms with Crippen molar-refractivity contribution in [1.82, 2.24) is 0 Å². The number of hydrogen-bond acceptors (Lipinski definition) is 2. The molecule has 0 N–H and O–H groups in total. The number of rotatable bonds is 4. The third-order valence-electron chi connectivity index (χ3n) is 2.72. The van der Waals surface area contributed by atoms with Gasteiger partial charge in [0.2, 0.25) is 0 Å². The van der Waals surface area contributed by atoms with Gasteiger partial charge in [0.25, 0.3) is 0 Å². The van der Waals surface area contributed by atoms with Crippen molar-refractivity contribution in [3.63, 3.8) is 0 Å². The Morgan fingerprint density at radius 3 is 2.29 bits per heavy atom. The largest absolute Gasteiger partial charge is 0.417 e. The molecule has 0 atom stereocenters. The molecular weight excluding hydrogens is 365 g/mol. The maximum Gasteiger partial charge on any atom is 0.417 e. The van der Waals surface area contributed by atoms with Gasteiger partial charge in [-0.3, -0.25) is 4.79 Å². The van der Waals surface area contributed by atoms with Crippen molar-refractivity contribution in [2.75, 3.05) is 5.75 Å². The highest BCUT2D eigenvalue weighted by molar-refractivity contribution is 9.10. The van der Waals surface area contributed by atoms with Crippen molar-refractivity contribution in [2.45, 2.75) is 11.1 Å². The van der Waals surface area contributed by atoms with E-state index in [2.05, 4.69) is 15.9 Å². The molecule has 0 fully saturated rings. The molecule has 0 saturated carbocycles. The van der Waals surface area contributed by atoms with Gasteiger partial charge in [0.15, 0.2) is 5.78 Å². The zero-order chi connectivity index (χ0) is 15.5. The second-order valence-electron chi connectivity index (χ2n) is 4.21. The summed E-state index contributed by atoms with van der Waals surface area (Å²) >= 11 is 4.51. The van der Waals surface area contributed by atoms with Crippen molar-refractivity contribution < 1.29 is 18.0 Å². The maximum absolute atomic E-state index is 12.9. The molecule has 2 rings (SSSR count). The van der Waals surface area contributed by atoms with Gasteiger partial charge in [0, 0.05) is 14.9 Å². The number of alkyl halides is 3. The van der Waals surface area contributed by atoms with Gasteiger partial charge in [-0.15, -0.1) is 11.8 Å². The van der Waals surface area contributed by atoms with Gasteiger partial charge in [-0.05, 0) is 30.3 Å². The second-order valence-corrected chi connectivity index (χ2v) is 6.17. The first kappa shape index (κ1) is 16.1. The molecule has 0 aliphatic heterocycles. The quantitative estimate of drug-likeness (QED) is 0.523. The lowest BCUT2D eigenvalue weighted by Gasteiger charge is -2.11. The number of thioether (sulfide) groups is 1. The molecular formula is C15H10BrF3OS. The molecule has 1 nitrogen and oxygen atoms in total. The Bertz CT molecular complexity index is 638. The van der Waals surface area contributed by atoms with Crippen LogP contribution in [0, 0.1) is 0 Å². The molecule has 0 radical (unpaired) electrons. The van der Waals surface area contributed by atoms with Crippen LogP contribution in [0.2, 0.25) is 0 Å². The van der Waals surface area contributed by atoms with Crippen LogP contribution in [0.5, 0.6) is 0 Å². The van der Waals surface area contributed by atoms with E-state index >= 15 is 0 Å². The van der Waals surface area contributed by atoms with Crippen LogP contribution in [0.4, 0.5) is 13.2 Å². The fourth-order valence-corrected chi connectivity index (χ4v) is 2.78. The summed E-state index contributed by atoms with van der Waals surface area (Å²) in [6.45, 7) is 0. The summed E-state index contributed by atoms with van der Waals surface area (Å²) < 4.78 is 39.5. The molecule has 0 heterocycles. The van der Waals surface area contributed by atoms with Crippen LogP contribution in [0.15, 0.2) is 57.9 Å². The maximum atomic E-state index is 12.9. The summed E-state index contributed by atoms with van der Waals surface area (Å²) in [7, 11) is 0. The minimum atomic E-state index is -4.52. The molecule has 0 aliphatic rings. The van der Waals surface area contributed by atoms with E-state index in [1.807, 2.05) is 12.1 Å². The summed E-state index contributed by atoms with van der Waals surface area (Å²) in [5, 5.41) is 0. The van der Waals surface area contributed by atoms with Gasteiger partial charge in [-0.1, -0.05) is 34.1 Å². The molecule has 0 unspecified atom stereocenters. The normalized spacial score (nSPS) is 11.4. The van der Waals surface area contributed by atoms with Crippen molar-refractivity contribution in [1.29, 1.82) is 0 Å². The number of ketones is 1. The molecule has 2 aromatic carbocycles. The fraction of sp³-hybridized carbons (Fsp3) is 0.133. The Labute approximate surface area is 132 Å². The van der Waals surface area contributed by atoms with E-state index in [-0.39, 0.29) is 11.3 Å². The average Bonchev–Trinajstić information content (AvgIpc) is 2.45. The topological polar surface area (TPSA) is 17.1 Å². The Balaban J connectivity index is 2.12. The molecule has 0 spiro atoms. The molecule has 2 aromatic rings. The zero-order valence-electron chi connectivity index (χ0n) is 10.7. The number of carbonyl (C=O) groups is 1. The molecule has 0 amide bonds. The van der Waals surface area contributed by atoms with Gasteiger partial charge >= 0.3 is 6.18 Å². The van der Waals surface area contributed by atoms with Crippen molar-refractivity contribution in [2.24, 2.45) is 0 Å². The highest BCUT2D eigenvalue weighted by atomic mass is 79.9. The predicted molar refractivity (Wildman–Crippen MR) is 80.6 cm³/mol. The van der Waals surface area contributed by atoms with E-state index in [1.54, 1.807) is 12.1 Å². The van der Waals surface area contributed by atoms with Gasteiger partial charge in [-0.2, -0.15) is 13.2 Å². The van der Waals surface area contributed by atoms with E-state index in [4.69, 9.17) is 0 Å². The minimum Gasteiger partial charge on any atom is -0.293 e. The first-order chi connectivity index (χ1) is 9.88. The Morgan fingerprint density at radius 2 is 1.67 bits per heavy atom. The zero-order valence-corrected chi connectivity index (χ0v) is 13.1. The lowest BCUT2D eigenvalue weighted by Crippen LogP contribution is -2.14. The number of carbonyl (C=O) groups excluding carboxylic acids is 1. The standard InChI is InChI=1S/C15H10BrF3OS/c16-10-5-7-11(8-6-10)21-9-14(20)12-3-1-2-4-13(12)15(17,18)19/h1-8H,9H2. The van der Waals surface area contributed by atoms with E-state index in [0.29, 0.717) is 0 Å². The average molecular weight is 375 g/mol. The summed E-state index contributed by atoms with van der Waals surface area (Å²) in [5.74, 6) is -0.565. The van der Waals surface area contributed by atoms with E-state index in [1.165, 1.54) is 30.0 Å². The molecule has 0 aromatic heterocycles. The van der Waals surface area contributed by atoms with Crippen LogP contribution in [0.3, 0.4) is 0 Å². The van der Waals surface area contributed by atoms with Crippen LogP contribution in [0.1, 0.15) is 15.9 Å². The third-order valence-corrected chi connectivity index (χ3v) is 4.26. The Hall–Kier alpha value is -1.27. The Morgan fingerprint density at radius 1 is 1.05 bits per heavy atom. The fourth-order valence-electron chi connectivity index (χ4n) is 1.73. The number of Topliss-reactive ketones (excluding diaryl/α,β-unsaturated/α-hetero) is 1. The monoisotopic (exact) mass is 374 g/mol. The lowest BCUT2D eigenvalue weighted by atomic mass is 10.0. The van der Waals surface area contributed by atoms with Gasteiger partial charge in [0.05, 0.1) is 11.3 Å².